The first-order chi connectivity index (χ1) is 11.8. The molecule has 0 saturated carbocycles. The molecule has 0 spiro atoms. The van der Waals surface area contributed by atoms with Crippen LogP contribution in [0.4, 0.5) is 0 Å². The van der Waals surface area contributed by atoms with Crippen LogP contribution in [0.2, 0.25) is 0 Å². The number of ether oxygens (including phenoxy) is 1. The van der Waals surface area contributed by atoms with Crippen molar-refractivity contribution in [3.05, 3.63) is 54.1 Å². The Balaban J connectivity index is 1.46. The number of nitrogens with zero attached hydrogens (tertiary/aromatic N) is 3. The number of carbonyl (C=O) groups excluding carboxylic acids is 1. The molecule has 24 heavy (non-hydrogen) atoms. The van der Waals surface area contributed by atoms with E-state index in [1.807, 2.05) is 29.0 Å². The number of amides is 1. The van der Waals surface area contributed by atoms with Crippen LogP contribution in [0.3, 0.4) is 0 Å². The fourth-order valence-electron chi connectivity index (χ4n) is 2.81. The van der Waals surface area contributed by atoms with Gasteiger partial charge >= 0.3 is 0 Å². The van der Waals surface area contributed by atoms with E-state index < -0.39 is 0 Å². The summed E-state index contributed by atoms with van der Waals surface area (Å²) in [6.07, 6.45) is 6.36. The molecule has 1 N–H and O–H groups in total. The fourth-order valence-corrected chi connectivity index (χ4v) is 2.81. The number of rotatable bonds is 7. The summed E-state index contributed by atoms with van der Waals surface area (Å²) in [5, 5.41) is 2.99. The summed E-state index contributed by atoms with van der Waals surface area (Å²) in [5.41, 5.74) is 1.89. The highest BCUT2D eigenvalue weighted by Gasteiger charge is 2.12. The van der Waals surface area contributed by atoms with E-state index in [2.05, 4.69) is 21.3 Å². The molecule has 0 atom stereocenters. The second-order valence-corrected chi connectivity index (χ2v) is 6.00. The van der Waals surface area contributed by atoms with Crippen molar-refractivity contribution in [2.75, 3.05) is 32.8 Å². The van der Waals surface area contributed by atoms with Crippen molar-refractivity contribution in [1.29, 1.82) is 0 Å². The molecule has 2 aromatic rings. The van der Waals surface area contributed by atoms with Crippen molar-refractivity contribution in [2.45, 2.75) is 19.5 Å². The number of aromatic nitrogens is 2. The quantitative estimate of drug-likeness (QED) is 0.783. The topological polar surface area (TPSA) is 59.4 Å². The van der Waals surface area contributed by atoms with Crippen molar-refractivity contribution >= 4 is 5.91 Å². The van der Waals surface area contributed by atoms with Crippen LogP contribution in [0.15, 0.2) is 43.0 Å². The van der Waals surface area contributed by atoms with Gasteiger partial charge in [0.1, 0.15) is 0 Å². The molecule has 128 valence electrons. The zero-order valence-corrected chi connectivity index (χ0v) is 13.9. The molecule has 0 radical (unpaired) electrons. The van der Waals surface area contributed by atoms with E-state index in [0.29, 0.717) is 6.54 Å². The van der Waals surface area contributed by atoms with Gasteiger partial charge in [0.15, 0.2) is 0 Å². The van der Waals surface area contributed by atoms with Gasteiger partial charge in [-0.3, -0.25) is 9.69 Å². The van der Waals surface area contributed by atoms with Crippen molar-refractivity contribution in [3.8, 4) is 0 Å². The van der Waals surface area contributed by atoms with E-state index in [-0.39, 0.29) is 5.91 Å². The number of hydrogen-bond acceptors (Lipinski definition) is 4. The van der Waals surface area contributed by atoms with Gasteiger partial charge in [-0.15, -0.1) is 0 Å². The van der Waals surface area contributed by atoms with Gasteiger partial charge < -0.3 is 14.6 Å². The highest BCUT2D eigenvalue weighted by molar-refractivity contribution is 5.94. The first kappa shape index (κ1) is 16.7. The minimum Gasteiger partial charge on any atom is -0.379 e. The number of nitrogens with one attached hydrogen (secondary N) is 1. The second kappa shape index (κ2) is 8.61. The highest BCUT2D eigenvalue weighted by Crippen LogP contribution is 2.10. The Labute approximate surface area is 142 Å². The molecular formula is C18H24N4O2. The summed E-state index contributed by atoms with van der Waals surface area (Å²) >= 11 is 0. The van der Waals surface area contributed by atoms with Crippen LogP contribution in [-0.4, -0.2) is 53.2 Å². The normalized spacial score (nSPS) is 15.3. The van der Waals surface area contributed by atoms with Crippen LogP contribution in [0, 0.1) is 0 Å². The van der Waals surface area contributed by atoms with Crippen LogP contribution in [0.1, 0.15) is 22.3 Å². The van der Waals surface area contributed by atoms with E-state index in [9.17, 15) is 4.79 Å². The monoisotopic (exact) mass is 328 g/mol. The lowest BCUT2D eigenvalue weighted by molar-refractivity contribution is 0.0342. The predicted octanol–water partition coefficient (Wildman–Crippen LogP) is 1.54. The summed E-state index contributed by atoms with van der Waals surface area (Å²) < 4.78 is 7.38. The summed E-state index contributed by atoms with van der Waals surface area (Å²) in [7, 11) is 0. The third kappa shape index (κ3) is 4.91. The van der Waals surface area contributed by atoms with Crippen LogP contribution in [0.25, 0.3) is 0 Å². The minimum atomic E-state index is -0.00976. The van der Waals surface area contributed by atoms with Crippen LogP contribution < -0.4 is 5.32 Å². The predicted molar refractivity (Wildman–Crippen MR) is 91.7 cm³/mol. The molecule has 1 saturated heterocycles. The molecule has 6 heteroatoms. The van der Waals surface area contributed by atoms with E-state index in [4.69, 9.17) is 4.74 Å². The molecule has 0 unspecified atom stereocenters. The molecule has 6 nitrogen and oxygen atoms in total. The molecule has 1 aliphatic rings. The maximum Gasteiger partial charge on any atom is 0.251 e. The molecule has 2 heterocycles. The Morgan fingerprint density at radius 3 is 2.96 bits per heavy atom. The van der Waals surface area contributed by atoms with Crippen molar-refractivity contribution in [2.24, 2.45) is 0 Å². The third-order valence-corrected chi connectivity index (χ3v) is 4.14. The molecule has 1 amide bonds. The first-order valence-electron chi connectivity index (χ1n) is 8.44. The Morgan fingerprint density at radius 2 is 2.17 bits per heavy atom. The maximum atomic E-state index is 12.3. The van der Waals surface area contributed by atoms with E-state index in [1.165, 1.54) is 5.56 Å². The van der Waals surface area contributed by atoms with Crippen molar-refractivity contribution in [3.63, 3.8) is 0 Å². The molecule has 3 rings (SSSR count). The minimum absolute atomic E-state index is 0.00976. The summed E-state index contributed by atoms with van der Waals surface area (Å²) in [5.74, 6) is -0.00976. The Bertz CT molecular complexity index is 636. The maximum absolute atomic E-state index is 12.3. The van der Waals surface area contributed by atoms with Gasteiger partial charge in [-0.2, -0.15) is 0 Å². The smallest absolute Gasteiger partial charge is 0.251 e. The number of imidazole rings is 1. The summed E-state index contributed by atoms with van der Waals surface area (Å²) in [6.45, 7) is 5.86. The molecule has 0 bridgehead atoms. The van der Waals surface area contributed by atoms with Gasteiger partial charge in [-0.05, 0) is 24.1 Å². The lowest BCUT2D eigenvalue weighted by Crippen LogP contribution is -2.35. The molecule has 0 aliphatic carbocycles. The van der Waals surface area contributed by atoms with Crippen LogP contribution in [-0.2, 0) is 17.8 Å². The van der Waals surface area contributed by atoms with Gasteiger partial charge in [0, 0.05) is 50.7 Å². The van der Waals surface area contributed by atoms with Gasteiger partial charge in [-0.1, -0.05) is 12.1 Å². The van der Waals surface area contributed by atoms with Crippen molar-refractivity contribution < 1.29 is 9.53 Å². The average Bonchev–Trinajstić information content (AvgIpc) is 3.13. The van der Waals surface area contributed by atoms with Gasteiger partial charge in [0.2, 0.25) is 0 Å². The molecule has 1 aromatic carbocycles. The number of hydrogen-bond donors (Lipinski definition) is 1. The van der Waals surface area contributed by atoms with Crippen LogP contribution in [0.5, 0.6) is 0 Å². The lowest BCUT2D eigenvalue weighted by atomic mass is 10.1. The molecular weight excluding hydrogens is 304 g/mol. The molecule has 1 aliphatic heterocycles. The number of aryl methyl sites for hydroxylation is 1. The van der Waals surface area contributed by atoms with E-state index >= 15 is 0 Å². The average molecular weight is 328 g/mol. The van der Waals surface area contributed by atoms with Crippen LogP contribution >= 0.6 is 0 Å². The van der Waals surface area contributed by atoms with E-state index in [0.717, 1.165) is 51.4 Å². The second-order valence-electron chi connectivity index (χ2n) is 6.00. The zero-order chi connectivity index (χ0) is 16.6. The Hall–Kier alpha value is -2.18. The lowest BCUT2D eigenvalue weighted by Gasteiger charge is -2.26. The number of carbonyl (C=O) groups is 1. The standard InChI is InChI=1S/C18H24N4O2/c23-18(20-5-2-7-22-8-6-19-15-22)17-4-1-3-16(13-17)14-21-9-11-24-12-10-21/h1,3-4,6,8,13,15H,2,5,7,9-12,14H2,(H,20,23). The Morgan fingerprint density at radius 1 is 1.29 bits per heavy atom. The zero-order valence-electron chi connectivity index (χ0n) is 13.9. The largest absolute Gasteiger partial charge is 0.379 e. The highest BCUT2D eigenvalue weighted by atomic mass is 16.5. The fraction of sp³-hybridized carbons (Fsp3) is 0.444. The third-order valence-electron chi connectivity index (χ3n) is 4.14. The van der Waals surface area contributed by atoms with Crippen molar-refractivity contribution in [1.82, 2.24) is 19.8 Å². The molecule has 1 aromatic heterocycles. The number of morpholine rings is 1. The first-order valence-corrected chi connectivity index (χ1v) is 8.44. The van der Waals surface area contributed by atoms with Gasteiger partial charge in [0.05, 0.1) is 19.5 Å². The molecule has 1 fully saturated rings. The van der Waals surface area contributed by atoms with Gasteiger partial charge in [-0.25, -0.2) is 4.98 Å². The van der Waals surface area contributed by atoms with Gasteiger partial charge in [0.25, 0.3) is 5.91 Å². The SMILES string of the molecule is O=C(NCCCn1ccnc1)c1cccc(CN2CCOCC2)c1. The summed E-state index contributed by atoms with van der Waals surface area (Å²) in [6, 6.07) is 7.89. The van der Waals surface area contributed by atoms with E-state index in [1.54, 1.807) is 12.5 Å². The Kier molecular flexibility index (Phi) is 5.98. The number of benzene rings is 1. The summed E-state index contributed by atoms with van der Waals surface area (Å²) in [4.78, 5) is 18.6.